The second-order valence-corrected chi connectivity index (χ2v) is 2.57. The van der Waals surface area contributed by atoms with Crippen LogP contribution < -0.4 is 5.73 Å². The van der Waals surface area contributed by atoms with Crippen LogP contribution in [0.3, 0.4) is 0 Å². The molecule has 74 valence electrons. The van der Waals surface area contributed by atoms with Crippen molar-refractivity contribution in [1.29, 1.82) is 0 Å². The lowest BCUT2D eigenvalue weighted by Gasteiger charge is -2.05. The zero-order chi connectivity index (χ0) is 10.9. The van der Waals surface area contributed by atoms with Crippen molar-refractivity contribution in [2.24, 2.45) is 0 Å². The van der Waals surface area contributed by atoms with E-state index in [1.807, 2.05) is 0 Å². The summed E-state index contributed by atoms with van der Waals surface area (Å²) >= 11 is 0. The van der Waals surface area contributed by atoms with Gasteiger partial charge in [0.15, 0.2) is 0 Å². The van der Waals surface area contributed by atoms with E-state index in [1.54, 1.807) is 0 Å². The van der Waals surface area contributed by atoms with Gasteiger partial charge in [-0.2, -0.15) is 0 Å². The fourth-order valence-electron chi connectivity index (χ4n) is 1.06. The highest BCUT2D eigenvalue weighted by Gasteiger charge is 2.20. The zero-order valence-corrected chi connectivity index (χ0v) is 6.89. The third kappa shape index (κ3) is 1.58. The molecule has 1 aromatic rings. The highest BCUT2D eigenvalue weighted by molar-refractivity contribution is 6.05. The Balaban J connectivity index is 3.52. The van der Waals surface area contributed by atoms with Crippen LogP contribution in [0.25, 0.3) is 0 Å². The maximum Gasteiger partial charge on any atom is 0.338 e. The Kier molecular flexibility index (Phi) is 2.29. The van der Waals surface area contributed by atoms with Crippen LogP contribution >= 0.6 is 0 Å². The summed E-state index contributed by atoms with van der Waals surface area (Å²) in [6.07, 6.45) is 0. The number of rotatable bonds is 2. The van der Waals surface area contributed by atoms with Crippen molar-refractivity contribution in [3.05, 3.63) is 23.3 Å². The molecule has 0 amide bonds. The molecule has 0 bridgehead atoms. The summed E-state index contributed by atoms with van der Waals surface area (Å²) in [5.74, 6) is -3.28. The summed E-state index contributed by atoms with van der Waals surface area (Å²) in [7, 11) is 0. The first-order chi connectivity index (χ1) is 6.43. The molecule has 5 N–H and O–H groups in total. The van der Waals surface area contributed by atoms with E-state index in [0.29, 0.717) is 0 Å². The summed E-state index contributed by atoms with van der Waals surface area (Å²) in [5.41, 5.74) is 3.92. The molecule has 0 aromatic heterocycles. The van der Waals surface area contributed by atoms with Crippen LogP contribution in [0.15, 0.2) is 12.1 Å². The van der Waals surface area contributed by atoms with Crippen molar-refractivity contribution in [2.45, 2.75) is 0 Å². The van der Waals surface area contributed by atoms with E-state index in [4.69, 9.17) is 21.1 Å². The van der Waals surface area contributed by atoms with E-state index in [9.17, 15) is 9.59 Å². The van der Waals surface area contributed by atoms with Gasteiger partial charge in [0.1, 0.15) is 5.75 Å². The molecular weight excluding hydrogens is 190 g/mol. The molecule has 0 saturated heterocycles. The van der Waals surface area contributed by atoms with E-state index < -0.39 is 23.1 Å². The zero-order valence-electron chi connectivity index (χ0n) is 6.89. The van der Waals surface area contributed by atoms with Crippen molar-refractivity contribution in [3.63, 3.8) is 0 Å². The number of nitrogens with two attached hydrogens (primary N) is 1. The molecule has 0 spiro atoms. The van der Waals surface area contributed by atoms with Crippen LogP contribution in [0.2, 0.25) is 0 Å². The average Bonchev–Trinajstić information content (AvgIpc) is 2.01. The van der Waals surface area contributed by atoms with Crippen molar-refractivity contribution < 1.29 is 24.9 Å². The Morgan fingerprint density at radius 1 is 1.14 bits per heavy atom. The number of hydrogen-bond donors (Lipinski definition) is 4. The highest BCUT2D eigenvalue weighted by Crippen LogP contribution is 2.23. The van der Waals surface area contributed by atoms with Crippen LogP contribution in [-0.2, 0) is 0 Å². The summed E-state index contributed by atoms with van der Waals surface area (Å²) in [6, 6.07) is 1.82. The number of benzene rings is 1. The van der Waals surface area contributed by atoms with Crippen molar-refractivity contribution in [2.75, 3.05) is 5.73 Å². The Labute approximate surface area is 78.2 Å². The van der Waals surface area contributed by atoms with Gasteiger partial charge in [-0.15, -0.1) is 0 Å². The molecule has 0 fully saturated rings. The van der Waals surface area contributed by atoms with Gasteiger partial charge in [-0.1, -0.05) is 0 Å². The Hall–Kier alpha value is -2.24. The molecule has 0 saturated carbocycles. The Morgan fingerprint density at radius 3 is 2.14 bits per heavy atom. The van der Waals surface area contributed by atoms with E-state index in [0.717, 1.165) is 12.1 Å². The normalized spacial score (nSPS) is 9.71. The smallest absolute Gasteiger partial charge is 0.338 e. The molecule has 0 unspecified atom stereocenters. The van der Waals surface area contributed by atoms with Gasteiger partial charge in [0.2, 0.25) is 0 Å². The molecule has 6 nitrogen and oxygen atoms in total. The number of carboxylic acid groups (broad SMARTS) is 2. The van der Waals surface area contributed by atoms with Gasteiger partial charge in [-0.3, -0.25) is 0 Å². The molecule has 0 atom stereocenters. The predicted octanol–water partition coefficient (Wildman–Crippen LogP) is 0.371. The van der Waals surface area contributed by atoms with E-state index in [2.05, 4.69) is 0 Å². The first-order valence-corrected chi connectivity index (χ1v) is 3.52. The third-order valence-electron chi connectivity index (χ3n) is 1.60. The maximum absolute atomic E-state index is 10.6. The molecule has 0 aliphatic heterocycles. The van der Waals surface area contributed by atoms with Gasteiger partial charge in [0.05, 0.1) is 16.8 Å². The minimum absolute atomic E-state index is 0.282. The molecule has 6 heteroatoms. The number of carboxylic acids is 2. The van der Waals surface area contributed by atoms with Crippen LogP contribution in [-0.4, -0.2) is 27.3 Å². The van der Waals surface area contributed by atoms with E-state index in [-0.39, 0.29) is 11.4 Å². The van der Waals surface area contributed by atoms with Gasteiger partial charge < -0.3 is 21.1 Å². The first kappa shape index (κ1) is 9.85. The quantitative estimate of drug-likeness (QED) is 0.508. The number of phenolic OH excluding ortho intramolecular Hbond substituents is 1. The second-order valence-electron chi connectivity index (χ2n) is 2.57. The molecule has 0 radical (unpaired) electrons. The van der Waals surface area contributed by atoms with Crippen LogP contribution in [0.1, 0.15) is 20.7 Å². The Bertz CT molecular complexity index is 412. The predicted molar refractivity (Wildman–Crippen MR) is 46.4 cm³/mol. The molecular formula is C8H7NO5. The number of aromatic carboxylic acids is 2. The maximum atomic E-state index is 10.6. The number of hydrogen-bond acceptors (Lipinski definition) is 4. The number of carbonyl (C=O) groups is 2. The molecule has 1 rings (SSSR count). The van der Waals surface area contributed by atoms with Crippen LogP contribution in [0, 0.1) is 0 Å². The molecule has 0 heterocycles. The summed E-state index contributed by atoms with van der Waals surface area (Å²) in [5, 5.41) is 26.3. The van der Waals surface area contributed by atoms with Crippen molar-refractivity contribution in [1.82, 2.24) is 0 Å². The van der Waals surface area contributed by atoms with Crippen LogP contribution in [0.5, 0.6) is 5.75 Å². The summed E-state index contributed by atoms with van der Waals surface area (Å²) in [4.78, 5) is 21.2. The lowest BCUT2D eigenvalue weighted by Crippen LogP contribution is -2.11. The molecule has 1 aromatic carbocycles. The highest BCUT2D eigenvalue weighted by atomic mass is 16.4. The number of aromatic hydroxyl groups is 1. The molecule has 14 heavy (non-hydrogen) atoms. The van der Waals surface area contributed by atoms with Crippen molar-refractivity contribution >= 4 is 17.6 Å². The molecule has 0 aliphatic carbocycles. The first-order valence-electron chi connectivity index (χ1n) is 3.52. The second kappa shape index (κ2) is 3.25. The standard InChI is InChI=1S/C8H7NO5/c9-5-2-3(10)1-4(7(11)12)6(5)8(13)14/h1-2,10H,9H2,(H,11,12)(H,13,14). The Morgan fingerprint density at radius 2 is 1.71 bits per heavy atom. The van der Waals surface area contributed by atoms with Gasteiger partial charge in [-0.05, 0) is 6.07 Å². The van der Waals surface area contributed by atoms with Gasteiger partial charge >= 0.3 is 11.9 Å². The molecule has 0 aliphatic rings. The minimum Gasteiger partial charge on any atom is -0.508 e. The van der Waals surface area contributed by atoms with E-state index >= 15 is 0 Å². The fraction of sp³-hybridized carbons (Fsp3) is 0. The monoisotopic (exact) mass is 197 g/mol. The lowest BCUT2D eigenvalue weighted by molar-refractivity contribution is 0.0652. The fourth-order valence-corrected chi connectivity index (χ4v) is 1.06. The topological polar surface area (TPSA) is 121 Å². The minimum atomic E-state index is -1.45. The summed E-state index contributed by atoms with van der Waals surface area (Å²) in [6.45, 7) is 0. The third-order valence-corrected chi connectivity index (χ3v) is 1.60. The lowest BCUT2D eigenvalue weighted by atomic mass is 10.1. The van der Waals surface area contributed by atoms with Gasteiger partial charge in [0.25, 0.3) is 0 Å². The SMILES string of the molecule is Nc1cc(O)cc(C(=O)O)c1C(=O)O. The average molecular weight is 197 g/mol. The number of phenols is 1. The van der Waals surface area contributed by atoms with Gasteiger partial charge in [-0.25, -0.2) is 9.59 Å². The van der Waals surface area contributed by atoms with E-state index in [1.165, 1.54) is 0 Å². The van der Waals surface area contributed by atoms with Gasteiger partial charge in [0, 0.05) is 6.07 Å². The number of anilines is 1. The largest absolute Gasteiger partial charge is 0.508 e. The number of nitrogen functional groups attached to an aromatic ring is 1. The van der Waals surface area contributed by atoms with Crippen LogP contribution in [0.4, 0.5) is 5.69 Å². The summed E-state index contributed by atoms with van der Waals surface area (Å²) < 4.78 is 0. The van der Waals surface area contributed by atoms with Crippen molar-refractivity contribution in [3.8, 4) is 5.75 Å².